The van der Waals surface area contributed by atoms with Crippen LogP contribution in [0.1, 0.15) is 37.0 Å². The van der Waals surface area contributed by atoms with Crippen molar-refractivity contribution in [2.45, 2.75) is 43.5 Å². The highest BCUT2D eigenvalue weighted by Gasteiger charge is 2.28. The summed E-state index contributed by atoms with van der Waals surface area (Å²) in [6.07, 6.45) is 5.35. The van der Waals surface area contributed by atoms with Crippen molar-refractivity contribution in [3.8, 4) is 0 Å². The lowest BCUT2D eigenvalue weighted by Crippen LogP contribution is -2.33. The summed E-state index contributed by atoms with van der Waals surface area (Å²) in [6, 6.07) is 1.70. The molecule has 0 aromatic carbocycles. The number of hydrogen-bond donors (Lipinski definition) is 1. The summed E-state index contributed by atoms with van der Waals surface area (Å²) >= 11 is 4.75. The smallest absolute Gasteiger partial charge is 0.245 e. The quantitative estimate of drug-likeness (QED) is 0.894. The van der Waals surface area contributed by atoms with Crippen LogP contribution >= 0.6 is 27.3 Å². The van der Waals surface area contributed by atoms with Crippen molar-refractivity contribution in [1.82, 2.24) is 4.31 Å². The predicted molar refractivity (Wildman–Crippen MR) is 81.8 cm³/mol. The molecule has 7 heteroatoms. The molecular formula is C12H19BrN2O2S2. The minimum Gasteiger partial charge on any atom is -0.326 e. The molecule has 0 bridgehead atoms. The van der Waals surface area contributed by atoms with E-state index in [9.17, 15) is 8.42 Å². The molecule has 108 valence electrons. The first kappa shape index (κ1) is 15.4. The summed E-state index contributed by atoms with van der Waals surface area (Å²) in [6.45, 7) is 1.63. The summed E-state index contributed by atoms with van der Waals surface area (Å²) in [5.74, 6) is 0. The van der Waals surface area contributed by atoms with Gasteiger partial charge in [0.15, 0.2) is 0 Å². The van der Waals surface area contributed by atoms with Crippen molar-refractivity contribution in [3.63, 3.8) is 0 Å². The van der Waals surface area contributed by atoms with Crippen molar-refractivity contribution in [2.75, 3.05) is 13.1 Å². The average Bonchev–Trinajstić information content (AvgIpc) is 2.70. The second-order valence-corrected chi connectivity index (χ2v) is 9.09. The molecule has 0 atom stereocenters. The van der Waals surface area contributed by atoms with Gasteiger partial charge in [-0.15, -0.1) is 11.3 Å². The highest BCUT2D eigenvalue weighted by Crippen LogP contribution is 2.33. The molecule has 1 aliphatic rings. The highest BCUT2D eigenvalue weighted by atomic mass is 79.9. The summed E-state index contributed by atoms with van der Waals surface area (Å²) in [7, 11) is -3.38. The molecule has 2 N–H and O–H groups in total. The maximum atomic E-state index is 12.7. The van der Waals surface area contributed by atoms with Gasteiger partial charge < -0.3 is 5.73 Å². The number of hydrogen-bond acceptors (Lipinski definition) is 4. The van der Waals surface area contributed by atoms with Gasteiger partial charge in [0.2, 0.25) is 10.0 Å². The Hall–Kier alpha value is 0.0500. The molecule has 0 unspecified atom stereocenters. The molecule has 1 aliphatic heterocycles. The Morgan fingerprint density at radius 1 is 1.21 bits per heavy atom. The molecule has 1 aromatic rings. The van der Waals surface area contributed by atoms with E-state index in [-0.39, 0.29) is 0 Å². The molecule has 0 amide bonds. The normalized spacial score (nSPS) is 19.1. The number of nitrogens with two attached hydrogens (primary N) is 1. The third-order valence-electron chi connectivity index (χ3n) is 3.34. The zero-order valence-electron chi connectivity index (χ0n) is 10.8. The van der Waals surface area contributed by atoms with Crippen LogP contribution in [0.15, 0.2) is 14.7 Å². The average molecular weight is 367 g/mol. The molecule has 1 aromatic heterocycles. The van der Waals surface area contributed by atoms with Gasteiger partial charge >= 0.3 is 0 Å². The fourth-order valence-electron chi connectivity index (χ4n) is 2.27. The van der Waals surface area contributed by atoms with E-state index in [4.69, 9.17) is 5.73 Å². The summed E-state index contributed by atoms with van der Waals surface area (Å²) < 4.78 is 27.6. The molecule has 0 spiro atoms. The van der Waals surface area contributed by atoms with Gasteiger partial charge in [-0.25, -0.2) is 8.42 Å². The SMILES string of the molecule is NCc1cc(S(=O)(=O)N2CCCCCCC2)c(Br)s1. The number of sulfonamides is 1. The van der Waals surface area contributed by atoms with E-state index in [2.05, 4.69) is 15.9 Å². The van der Waals surface area contributed by atoms with Crippen LogP contribution in [0.3, 0.4) is 0 Å². The fourth-order valence-corrected chi connectivity index (χ4v) is 6.30. The lowest BCUT2D eigenvalue weighted by Gasteiger charge is -2.23. The van der Waals surface area contributed by atoms with Gasteiger partial charge in [-0.2, -0.15) is 4.31 Å². The Bertz CT molecular complexity index is 520. The largest absolute Gasteiger partial charge is 0.326 e. The van der Waals surface area contributed by atoms with Crippen molar-refractivity contribution < 1.29 is 8.42 Å². The van der Waals surface area contributed by atoms with Gasteiger partial charge in [0, 0.05) is 24.5 Å². The van der Waals surface area contributed by atoms with E-state index >= 15 is 0 Å². The minimum atomic E-state index is -3.38. The van der Waals surface area contributed by atoms with E-state index in [0.29, 0.717) is 28.3 Å². The van der Waals surface area contributed by atoms with Crippen LogP contribution in [0.25, 0.3) is 0 Å². The summed E-state index contributed by atoms with van der Waals surface area (Å²) in [4.78, 5) is 1.26. The van der Waals surface area contributed by atoms with Gasteiger partial charge in [0.25, 0.3) is 0 Å². The number of thiophene rings is 1. The Morgan fingerprint density at radius 2 is 1.79 bits per heavy atom. The first-order chi connectivity index (χ1) is 9.05. The fraction of sp³-hybridized carbons (Fsp3) is 0.667. The van der Waals surface area contributed by atoms with Crippen LogP contribution in [0.2, 0.25) is 0 Å². The second kappa shape index (κ2) is 6.67. The Labute approximate surface area is 127 Å². The van der Waals surface area contributed by atoms with E-state index in [1.165, 1.54) is 17.8 Å². The molecule has 2 rings (SSSR count). The van der Waals surface area contributed by atoms with Crippen LogP contribution in [0.4, 0.5) is 0 Å². The lowest BCUT2D eigenvalue weighted by molar-refractivity contribution is 0.364. The maximum absolute atomic E-state index is 12.7. The molecular weight excluding hydrogens is 348 g/mol. The molecule has 1 fully saturated rings. The van der Waals surface area contributed by atoms with Crippen LogP contribution < -0.4 is 5.73 Å². The van der Waals surface area contributed by atoms with E-state index in [1.807, 2.05) is 0 Å². The molecule has 0 aliphatic carbocycles. The van der Waals surface area contributed by atoms with Crippen molar-refractivity contribution in [2.24, 2.45) is 5.73 Å². The van der Waals surface area contributed by atoms with Gasteiger partial charge in [-0.3, -0.25) is 0 Å². The minimum absolute atomic E-state index is 0.374. The first-order valence-electron chi connectivity index (χ1n) is 6.54. The molecule has 0 saturated carbocycles. The number of nitrogens with zero attached hydrogens (tertiary/aromatic N) is 1. The van der Waals surface area contributed by atoms with Gasteiger partial charge in [-0.05, 0) is 34.8 Å². The van der Waals surface area contributed by atoms with Crippen LogP contribution in [0, 0.1) is 0 Å². The van der Waals surface area contributed by atoms with Crippen LogP contribution in [-0.4, -0.2) is 25.8 Å². The van der Waals surface area contributed by atoms with E-state index in [1.54, 1.807) is 10.4 Å². The van der Waals surface area contributed by atoms with Crippen molar-refractivity contribution >= 4 is 37.3 Å². The maximum Gasteiger partial charge on any atom is 0.245 e. The van der Waals surface area contributed by atoms with Crippen molar-refractivity contribution in [3.05, 3.63) is 14.7 Å². The molecule has 1 saturated heterocycles. The van der Waals surface area contributed by atoms with E-state index in [0.717, 1.165) is 30.6 Å². The molecule has 2 heterocycles. The monoisotopic (exact) mass is 366 g/mol. The zero-order chi connectivity index (χ0) is 13.9. The topological polar surface area (TPSA) is 63.4 Å². The third kappa shape index (κ3) is 3.58. The summed E-state index contributed by atoms with van der Waals surface area (Å²) in [5, 5.41) is 0. The Kier molecular flexibility index (Phi) is 5.42. The van der Waals surface area contributed by atoms with Gasteiger partial charge in [0.05, 0.1) is 3.79 Å². The van der Waals surface area contributed by atoms with E-state index < -0.39 is 10.0 Å². The molecule has 19 heavy (non-hydrogen) atoms. The number of halogens is 1. The zero-order valence-corrected chi connectivity index (χ0v) is 14.0. The Morgan fingerprint density at radius 3 is 2.32 bits per heavy atom. The van der Waals surface area contributed by atoms with Gasteiger partial charge in [0.1, 0.15) is 4.90 Å². The molecule has 0 radical (unpaired) electrons. The van der Waals surface area contributed by atoms with Crippen LogP contribution in [-0.2, 0) is 16.6 Å². The number of rotatable bonds is 3. The Balaban J connectivity index is 2.26. The third-order valence-corrected chi connectivity index (χ3v) is 7.51. The molecule has 4 nitrogen and oxygen atoms in total. The second-order valence-electron chi connectivity index (χ2n) is 4.73. The van der Waals surface area contributed by atoms with Crippen LogP contribution in [0.5, 0.6) is 0 Å². The highest BCUT2D eigenvalue weighted by molar-refractivity contribution is 9.11. The van der Waals surface area contributed by atoms with Gasteiger partial charge in [-0.1, -0.05) is 19.3 Å². The first-order valence-corrected chi connectivity index (χ1v) is 9.59. The summed E-state index contributed by atoms with van der Waals surface area (Å²) in [5.41, 5.74) is 5.58. The lowest BCUT2D eigenvalue weighted by atomic mass is 10.1. The van der Waals surface area contributed by atoms with Crippen molar-refractivity contribution in [1.29, 1.82) is 0 Å². The predicted octanol–water partition coefficient (Wildman–Crippen LogP) is 2.92. The standard InChI is InChI=1S/C12H19BrN2O2S2/c13-12-11(8-10(9-14)18-12)19(16,17)15-6-4-2-1-3-5-7-15/h8H,1-7,9,14H2.